The van der Waals surface area contributed by atoms with Crippen molar-refractivity contribution in [1.82, 2.24) is 4.98 Å². The van der Waals surface area contributed by atoms with Crippen LogP contribution in [0.3, 0.4) is 0 Å². The van der Waals surface area contributed by atoms with E-state index in [0.717, 1.165) is 17.7 Å². The lowest BCUT2D eigenvalue weighted by atomic mass is 10.0. The number of benzene rings is 1. The molecule has 0 aliphatic carbocycles. The van der Waals surface area contributed by atoms with E-state index in [0.29, 0.717) is 17.8 Å². The summed E-state index contributed by atoms with van der Waals surface area (Å²) in [6.07, 6.45) is -2.37. The molecular formula is C13H11F3N2. The van der Waals surface area contributed by atoms with Crippen molar-refractivity contribution < 1.29 is 13.2 Å². The number of nitrogens with two attached hydrogens (primary N) is 1. The van der Waals surface area contributed by atoms with Gasteiger partial charge in [-0.3, -0.25) is 0 Å². The van der Waals surface area contributed by atoms with E-state index in [1.54, 1.807) is 18.2 Å². The Hall–Kier alpha value is -2.04. The molecule has 0 radical (unpaired) electrons. The quantitative estimate of drug-likeness (QED) is 0.890. The highest BCUT2D eigenvalue weighted by atomic mass is 19.4. The number of hydrogen-bond donors (Lipinski definition) is 1. The van der Waals surface area contributed by atoms with Crippen LogP contribution in [0.4, 0.5) is 19.0 Å². The molecule has 0 fully saturated rings. The van der Waals surface area contributed by atoms with Crippen LogP contribution in [-0.2, 0) is 12.6 Å². The Labute approximate surface area is 102 Å². The summed E-state index contributed by atoms with van der Waals surface area (Å²) in [4.78, 5) is 3.84. The molecule has 0 atom stereocenters. The number of nitrogen functional groups attached to an aromatic ring is 1. The highest BCUT2D eigenvalue weighted by molar-refractivity contribution is 5.36. The molecule has 2 N–H and O–H groups in total. The number of hydrogen-bond acceptors (Lipinski definition) is 2. The minimum Gasteiger partial charge on any atom is -0.384 e. The molecule has 0 unspecified atom stereocenters. The average Bonchev–Trinajstić information content (AvgIpc) is 2.28. The van der Waals surface area contributed by atoms with Gasteiger partial charge in [0.2, 0.25) is 0 Å². The molecule has 0 aliphatic rings. The highest BCUT2D eigenvalue weighted by Crippen LogP contribution is 2.29. The van der Waals surface area contributed by atoms with Gasteiger partial charge in [0.05, 0.1) is 5.56 Å². The van der Waals surface area contributed by atoms with E-state index in [-0.39, 0.29) is 0 Å². The fourth-order valence-electron chi connectivity index (χ4n) is 1.70. The Kier molecular flexibility index (Phi) is 3.23. The molecule has 5 heteroatoms. The number of halogens is 3. The van der Waals surface area contributed by atoms with E-state index < -0.39 is 11.7 Å². The van der Waals surface area contributed by atoms with Crippen molar-refractivity contribution in [2.75, 3.05) is 5.73 Å². The van der Waals surface area contributed by atoms with E-state index in [2.05, 4.69) is 4.98 Å². The third-order valence-corrected chi connectivity index (χ3v) is 2.51. The average molecular weight is 252 g/mol. The van der Waals surface area contributed by atoms with Crippen LogP contribution in [0.15, 0.2) is 42.6 Å². The fraction of sp³-hybridized carbons (Fsp3) is 0.154. The number of nitrogens with zero attached hydrogens (tertiary/aromatic N) is 1. The normalized spacial score (nSPS) is 11.5. The molecule has 2 rings (SSSR count). The zero-order valence-corrected chi connectivity index (χ0v) is 9.41. The summed E-state index contributed by atoms with van der Waals surface area (Å²) in [6.45, 7) is 0. The topological polar surface area (TPSA) is 38.9 Å². The zero-order valence-electron chi connectivity index (χ0n) is 9.41. The molecule has 0 bridgehead atoms. The molecule has 0 spiro atoms. The lowest BCUT2D eigenvalue weighted by Crippen LogP contribution is -2.05. The first-order chi connectivity index (χ1) is 8.45. The van der Waals surface area contributed by atoms with Crippen molar-refractivity contribution in [3.05, 3.63) is 59.3 Å². The van der Waals surface area contributed by atoms with Crippen molar-refractivity contribution in [2.24, 2.45) is 0 Å². The van der Waals surface area contributed by atoms with Gasteiger partial charge >= 0.3 is 6.18 Å². The van der Waals surface area contributed by atoms with Gasteiger partial charge in [-0.25, -0.2) is 4.98 Å². The molecule has 2 aromatic rings. The van der Waals surface area contributed by atoms with Crippen LogP contribution in [0.1, 0.15) is 16.7 Å². The first kappa shape index (κ1) is 12.4. The third kappa shape index (κ3) is 3.00. The van der Waals surface area contributed by atoms with Gasteiger partial charge in [0.1, 0.15) is 5.82 Å². The Morgan fingerprint density at radius 1 is 1.06 bits per heavy atom. The van der Waals surface area contributed by atoms with Crippen molar-refractivity contribution in [3.63, 3.8) is 0 Å². The predicted octanol–water partition coefficient (Wildman–Crippen LogP) is 3.27. The van der Waals surface area contributed by atoms with Crippen LogP contribution in [0.5, 0.6) is 0 Å². The van der Waals surface area contributed by atoms with Gasteiger partial charge in [-0.15, -0.1) is 0 Å². The van der Waals surface area contributed by atoms with Crippen LogP contribution >= 0.6 is 0 Å². The summed E-state index contributed by atoms with van der Waals surface area (Å²) >= 11 is 0. The van der Waals surface area contributed by atoms with Gasteiger partial charge in [-0.05, 0) is 35.7 Å². The van der Waals surface area contributed by atoms with Crippen LogP contribution in [0, 0.1) is 0 Å². The summed E-state index contributed by atoms with van der Waals surface area (Å²) in [6, 6.07) is 8.66. The van der Waals surface area contributed by atoms with E-state index >= 15 is 0 Å². The van der Waals surface area contributed by atoms with E-state index in [1.165, 1.54) is 12.3 Å². The maximum Gasteiger partial charge on any atom is 0.416 e. The van der Waals surface area contributed by atoms with Gasteiger partial charge in [0, 0.05) is 6.20 Å². The summed E-state index contributed by atoms with van der Waals surface area (Å²) in [5.41, 5.74) is 6.31. The molecular weight excluding hydrogens is 241 g/mol. The van der Waals surface area contributed by atoms with Gasteiger partial charge in [-0.1, -0.05) is 18.2 Å². The first-order valence-electron chi connectivity index (χ1n) is 5.32. The van der Waals surface area contributed by atoms with Crippen molar-refractivity contribution in [3.8, 4) is 0 Å². The van der Waals surface area contributed by atoms with Crippen molar-refractivity contribution >= 4 is 5.82 Å². The fourth-order valence-corrected chi connectivity index (χ4v) is 1.70. The van der Waals surface area contributed by atoms with Crippen molar-refractivity contribution in [1.29, 1.82) is 0 Å². The summed E-state index contributed by atoms with van der Waals surface area (Å²) in [7, 11) is 0. The molecule has 1 heterocycles. The highest BCUT2D eigenvalue weighted by Gasteiger charge is 2.30. The summed E-state index contributed by atoms with van der Waals surface area (Å²) in [5, 5.41) is 0. The molecule has 0 saturated heterocycles. The molecule has 0 aliphatic heterocycles. The van der Waals surface area contributed by atoms with Crippen LogP contribution < -0.4 is 5.73 Å². The van der Waals surface area contributed by atoms with Crippen molar-refractivity contribution in [2.45, 2.75) is 12.6 Å². The van der Waals surface area contributed by atoms with E-state index in [1.807, 2.05) is 0 Å². The zero-order chi connectivity index (χ0) is 13.2. The number of anilines is 1. The second-order valence-corrected chi connectivity index (χ2v) is 3.96. The molecule has 0 amide bonds. The molecule has 2 nitrogen and oxygen atoms in total. The maximum atomic E-state index is 12.5. The monoisotopic (exact) mass is 252 g/mol. The second kappa shape index (κ2) is 4.68. The standard InChI is InChI=1S/C13H11F3N2/c14-13(15,16)11-3-1-2-9(7-11)6-10-4-5-18-12(17)8-10/h1-5,7-8H,6H2,(H2,17,18). The minimum atomic E-state index is -4.31. The Morgan fingerprint density at radius 3 is 2.44 bits per heavy atom. The summed E-state index contributed by atoms with van der Waals surface area (Å²) in [5.74, 6) is 0.361. The molecule has 1 aromatic heterocycles. The molecule has 1 aromatic carbocycles. The first-order valence-corrected chi connectivity index (χ1v) is 5.32. The van der Waals surface area contributed by atoms with Crippen LogP contribution in [-0.4, -0.2) is 4.98 Å². The predicted molar refractivity (Wildman–Crippen MR) is 62.9 cm³/mol. The molecule has 94 valence electrons. The molecule has 0 saturated carbocycles. The molecule has 18 heavy (non-hydrogen) atoms. The smallest absolute Gasteiger partial charge is 0.384 e. The maximum absolute atomic E-state index is 12.5. The number of rotatable bonds is 2. The van der Waals surface area contributed by atoms with E-state index in [9.17, 15) is 13.2 Å². The number of aromatic nitrogens is 1. The Morgan fingerprint density at radius 2 is 1.78 bits per heavy atom. The lowest BCUT2D eigenvalue weighted by Gasteiger charge is -2.08. The minimum absolute atomic E-state index is 0.361. The van der Waals surface area contributed by atoms with Crippen LogP contribution in [0.25, 0.3) is 0 Å². The van der Waals surface area contributed by atoms with E-state index in [4.69, 9.17) is 5.73 Å². The van der Waals surface area contributed by atoms with Gasteiger partial charge < -0.3 is 5.73 Å². The summed E-state index contributed by atoms with van der Waals surface area (Å²) < 4.78 is 37.6. The van der Waals surface area contributed by atoms with Gasteiger partial charge in [-0.2, -0.15) is 13.2 Å². The number of pyridine rings is 1. The van der Waals surface area contributed by atoms with Gasteiger partial charge in [0.25, 0.3) is 0 Å². The Bertz CT molecular complexity index is 550. The Balaban J connectivity index is 2.25. The third-order valence-electron chi connectivity index (χ3n) is 2.51. The number of alkyl halides is 3. The second-order valence-electron chi connectivity index (χ2n) is 3.96. The largest absolute Gasteiger partial charge is 0.416 e. The lowest BCUT2D eigenvalue weighted by molar-refractivity contribution is -0.137. The van der Waals surface area contributed by atoms with Crippen LogP contribution in [0.2, 0.25) is 0 Å². The SMILES string of the molecule is Nc1cc(Cc2cccc(C(F)(F)F)c2)ccn1. The van der Waals surface area contributed by atoms with Gasteiger partial charge in [0.15, 0.2) is 0 Å².